The maximum atomic E-state index is 12.7. The van der Waals surface area contributed by atoms with E-state index in [0.717, 1.165) is 30.2 Å². The van der Waals surface area contributed by atoms with Crippen LogP contribution < -0.4 is 19.9 Å². The topological polar surface area (TPSA) is 61.9 Å². The molecule has 6 nitrogen and oxygen atoms in total. The molecule has 1 N–H and O–H groups in total. The lowest BCUT2D eigenvalue weighted by atomic mass is 10.1. The number of amides is 2. The molecule has 0 unspecified atom stereocenters. The Labute approximate surface area is 177 Å². The van der Waals surface area contributed by atoms with Gasteiger partial charge in [0.05, 0.1) is 12.5 Å². The van der Waals surface area contributed by atoms with Gasteiger partial charge in [0, 0.05) is 43.1 Å². The molecule has 2 aliphatic heterocycles. The second kappa shape index (κ2) is 9.20. The van der Waals surface area contributed by atoms with Crippen molar-refractivity contribution in [2.75, 3.05) is 41.4 Å². The molecule has 2 heterocycles. The van der Waals surface area contributed by atoms with Crippen LogP contribution in [0.25, 0.3) is 0 Å². The minimum atomic E-state index is -0.356. The first-order chi connectivity index (χ1) is 14.6. The number of benzene rings is 2. The monoisotopic (exact) mass is 407 g/mol. The second-order valence-corrected chi connectivity index (χ2v) is 7.92. The van der Waals surface area contributed by atoms with Gasteiger partial charge >= 0.3 is 0 Å². The Balaban J connectivity index is 1.35. The Bertz CT molecular complexity index is 874. The third kappa shape index (κ3) is 4.58. The van der Waals surface area contributed by atoms with E-state index in [2.05, 4.69) is 22.3 Å². The average Bonchev–Trinajstić information content (AvgIpc) is 3.17. The van der Waals surface area contributed by atoms with Crippen LogP contribution in [0.2, 0.25) is 0 Å². The number of hydrogen-bond acceptors (Lipinski definition) is 4. The van der Waals surface area contributed by atoms with Crippen LogP contribution in [0, 0.1) is 5.92 Å². The predicted octanol–water partition coefficient (Wildman–Crippen LogP) is 4.07. The fraction of sp³-hybridized carbons (Fsp3) is 0.417. The van der Waals surface area contributed by atoms with Gasteiger partial charge in [0.15, 0.2) is 0 Å². The Morgan fingerprint density at radius 2 is 1.67 bits per heavy atom. The highest BCUT2D eigenvalue weighted by atomic mass is 16.5. The summed E-state index contributed by atoms with van der Waals surface area (Å²) in [6.07, 6.45) is 4.00. The highest BCUT2D eigenvalue weighted by Crippen LogP contribution is 2.28. The number of carbonyl (C=O) groups excluding carboxylic acids is 2. The molecule has 0 spiro atoms. The summed E-state index contributed by atoms with van der Waals surface area (Å²) in [6, 6.07) is 15.4. The van der Waals surface area contributed by atoms with Crippen molar-refractivity contribution in [1.29, 1.82) is 0 Å². The van der Waals surface area contributed by atoms with E-state index in [4.69, 9.17) is 4.74 Å². The smallest absolute Gasteiger partial charge is 0.229 e. The fourth-order valence-electron chi connectivity index (χ4n) is 4.17. The Kier molecular flexibility index (Phi) is 6.21. The van der Waals surface area contributed by atoms with Gasteiger partial charge in [-0.2, -0.15) is 0 Å². The quantitative estimate of drug-likeness (QED) is 0.784. The maximum Gasteiger partial charge on any atom is 0.229 e. The van der Waals surface area contributed by atoms with Crippen LogP contribution in [0.4, 0.5) is 17.1 Å². The third-order valence-electron chi connectivity index (χ3n) is 5.81. The maximum absolute atomic E-state index is 12.7. The zero-order valence-corrected chi connectivity index (χ0v) is 17.5. The molecular weight excluding hydrogens is 378 g/mol. The number of hydrogen-bond donors (Lipinski definition) is 1. The minimum absolute atomic E-state index is 0.0280. The Morgan fingerprint density at radius 1 is 1.00 bits per heavy atom. The number of piperidine rings is 1. The van der Waals surface area contributed by atoms with E-state index < -0.39 is 0 Å². The predicted molar refractivity (Wildman–Crippen MR) is 119 cm³/mol. The minimum Gasteiger partial charge on any atom is -0.494 e. The molecule has 0 bridgehead atoms. The van der Waals surface area contributed by atoms with Crippen molar-refractivity contribution >= 4 is 28.9 Å². The van der Waals surface area contributed by atoms with Gasteiger partial charge in [-0.15, -0.1) is 0 Å². The fourth-order valence-corrected chi connectivity index (χ4v) is 4.17. The zero-order valence-electron chi connectivity index (χ0n) is 17.5. The first-order valence-corrected chi connectivity index (χ1v) is 10.8. The molecule has 1 atom stereocenters. The molecule has 2 fully saturated rings. The molecule has 0 radical (unpaired) electrons. The van der Waals surface area contributed by atoms with Crippen molar-refractivity contribution < 1.29 is 14.3 Å². The van der Waals surface area contributed by atoms with Gasteiger partial charge in [-0.05, 0) is 74.7 Å². The van der Waals surface area contributed by atoms with E-state index in [1.54, 1.807) is 4.90 Å². The third-order valence-corrected chi connectivity index (χ3v) is 5.81. The average molecular weight is 408 g/mol. The van der Waals surface area contributed by atoms with Gasteiger partial charge in [0.1, 0.15) is 5.75 Å². The number of nitrogens with one attached hydrogen (secondary N) is 1. The van der Waals surface area contributed by atoms with E-state index in [1.807, 2.05) is 43.3 Å². The van der Waals surface area contributed by atoms with Gasteiger partial charge in [0.2, 0.25) is 11.8 Å². The lowest BCUT2D eigenvalue weighted by Crippen LogP contribution is -2.29. The lowest BCUT2D eigenvalue weighted by molar-refractivity contribution is -0.122. The molecule has 4 rings (SSSR count). The number of carbonyl (C=O) groups is 2. The van der Waals surface area contributed by atoms with Crippen molar-refractivity contribution in [3.8, 4) is 5.75 Å². The van der Waals surface area contributed by atoms with Gasteiger partial charge in [-0.3, -0.25) is 9.59 Å². The molecule has 0 saturated carbocycles. The molecule has 2 aromatic rings. The molecule has 2 amide bonds. The summed E-state index contributed by atoms with van der Waals surface area (Å²) >= 11 is 0. The van der Waals surface area contributed by atoms with Crippen LogP contribution in [0.15, 0.2) is 48.5 Å². The summed E-state index contributed by atoms with van der Waals surface area (Å²) in [5.74, 6) is 0.281. The largest absolute Gasteiger partial charge is 0.494 e. The first-order valence-electron chi connectivity index (χ1n) is 10.8. The molecule has 6 heteroatoms. The summed E-state index contributed by atoms with van der Waals surface area (Å²) < 4.78 is 5.45. The summed E-state index contributed by atoms with van der Waals surface area (Å²) in [5.41, 5.74) is 2.77. The van der Waals surface area contributed by atoms with Crippen LogP contribution in [-0.4, -0.2) is 38.1 Å². The van der Waals surface area contributed by atoms with Gasteiger partial charge in [-0.25, -0.2) is 0 Å². The molecule has 0 aliphatic carbocycles. The normalized spacial score (nSPS) is 19.1. The molecule has 2 aromatic carbocycles. The van der Waals surface area contributed by atoms with E-state index in [9.17, 15) is 9.59 Å². The standard InChI is InChI=1S/C24H29N3O3/c1-2-30-22-12-10-21(11-13-22)27-17-18(16-23(27)28)24(29)25-19-6-8-20(9-7-19)26-14-4-3-5-15-26/h6-13,18H,2-5,14-17H2,1H3,(H,25,29)/t18-/m0/s1. The summed E-state index contributed by atoms with van der Waals surface area (Å²) in [5, 5.41) is 2.98. The van der Waals surface area contributed by atoms with Crippen LogP contribution in [0.5, 0.6) is 5.75 Å². The van der Waals surface area contributed by atoms with Crippen molar-refractivity contribution in [3.05, 3.63) is 48.5 Å². The summed E-state index contributed by atoms with van der Waals surface area (Å²) in [7, 11) is 0. The summed E-state index contributed by atoms with van der Waals surface area (Å²) in [6.45, 7) is 5.12. The van der Waals surface area contributed by atoms with Crippen LogP contribution in [-0.2, 0) is 9.59 Å². The number of anilines is 3. The summed E-state index contributed by atoms with van der Waals surface area (Å²) in [4.78, 5) is 29.3. The Hall–Kier alpha value is -3.02. The highest BCUT2D eigenvalue weighted by Gasteiger charge is 2.35. The SMILES string of the molecule is CCOc1ccc(N2C[C@@H](C(=O)Nc3ccc(N4CCCCC4)cc3)CC2=O)cc1. The van der Waals surface area contributed by atoms with Crippen molar-refractivity contribution in [3.63, 3.8) is 0 Å². The van der Waals surface area contributed by atoms with Gasteiger partial charge < -0.3 is 19.9 Å². The van der Waals surface area contributed by atoms with E-state index >= 15 is 0 Å². The second-order valence-electron chi connectivity index (χ2n) is 7.92. The molecular formula is C24H29N3O3. The first kappa shape index (κ1) is 20.3. The Morgan fingerprint density at radius 3 is 2.33 bits per heavy atom. The van der Waals surface area contributed by atoms with Crippen molar-refractivity contribution in [2.24, 2.45) is 5.92 Å². The molecule has 2 aliphatic rings. The van der Waals surface area contributed by atoms with Crippen LogP contribution >= 0.6 is 0 Å². The zero-order chi connectivity index (χ0) is 20.9. The van der Waals surface area contributed by atoms with Gasteiger partial charge in [0.25, 0.3) is 0 Å². The number of nitrogens with zero attached hydrogens (tertiary/aromatic N) is 2. The van der Waals surface area contributed by atoms with Crippen molar-refractivity contribution in [1.82, 2.24) is 0 Å². The van der Waals surface area contributed by atoms with Gasteiger partial charge in [-0.1, -0.05) is 0 Å². The van der Waals surface area contributed by atoms with E-state index in [0.29, 0.717) is 13.2 Å². The van der Waals surface area contributed by atoms with E-state index in [-0.39, 0.29) is 24.2 Å². The highest BCUT2D eigenvalue weighted by molar-refractivity contribution is 6.03. The van der Waals surface area contributed by atoms with Crippen LogP contribution in [0.1, 0.15) is 32.6 Å². The molecule has 30 heavy (non-hydrogen) atoms. The number of ether oxygens (including phenoxy) is 1. The number of rotatable bonds is 6. The van der Waals surface area contributed by atoms with Crippen LogP contribution in [0.3, 0.4) is 0 Å². The molecule has 0 aromatic heterocycles. The molecule has 158 valence electrons. The lowest BCUT2D eigenvalue weighted by Gasteiger charge is -2.28. The van der Waals surface area contributed by atoms with Crippen molar-refractivity contribution in [2.45, 2.75) is 32.6 Å². The molecule has 2 saturated heterocycles. The van der Waals surface area contributed by atoms with E-state index in [1.165, 1.54) is 24.9 Å².